The standard InChI is InChI=1S/C11H19N3O2/c15-10-7-14(6-5-12-10)8-11(16)13-9-3-1-2-4-9/h9H,1-8H2,(H,12,15)(H,13,16). The monoisotopic (exact) mass is 225 g/mol. The molecule has 0 bridgehead atoms. The third-order valence-electron chi connectivity index (χ3n) is 3.20. The van der Waals surface area contributed by atoms with E-state index in [-0.39, 0.29) is 11.8 Å². The molecule has 2 N–H and O–H groups in total. The van der Waals surface area contributed by atoms with Crippen molar-refractivity contribution in [2.24, 2.45) is 0 Å². The van der Waals surface area contributed by atoms with Gasteiger partial charge < -0.3 is 10.6 Å². The Labute approximate surface area is 95.6 Å². The summed E-state index contributed by atoms with van der Waals surface area (Å²) in [6.07, 6.45) is 4.65. The van der Waals surface area contributed by atoms with Crippen molar-refractivity contribution >= 4 is 11.8 Å². The van der Waals surface area contributed by atoms with Gasteiger partial charge in [-0.3, -0.25) is 14.5 Å². The van der Waals surface area contributed by atoms with Crippen LogP contribution in [0.15, 0.2) is 0 Å². The van der Waals surface area contributed by atoms with E-state index in [9.17, 15) is 9.59 Å². The van der Waals surface area contributed by atoms with Crippen LogP contribution in [-0.2, 0) is 9.59 Å². The average Bonchev–Trinajstić information content (AvgIpc) is 2.70. The van der Waals surface area contributed by atoms with Crippen molar-refractivity contribution in [2.45, 2.75) is 31.7 Å². The molecule has 0 spiro atoms. The Morgan fingerprint density at radius 1 is 1.44 bits per heavy atom. The van der Waals surface area contributed by atoms with Crippen molar-refractivity contribution in [1.82, 2.24) is 15.5 Å². The number of amides is 2. The quantitative estimate of drug-likeness (QED) is 0.679. The molecule has 2 amide bonds. The minimum Gasteiger partial charge on any atom is -0.354 e. The van der Waals surface area contributed by atoms with Gasteiger partial charge in [0.15, 0.2) is 0 Å². The number of hydrogen-bond acceptors (Lipinski definition) is 3. The Kier molecular flexibility index (Phi) is 3.77. The van der Waals surface area contributed by atoms with Crippen molar-refractivity contribution in [1.29, 1.82) is 0 Å². The highest BCUT2D eigenvalue weighted by Crippen LogP contribution is 2.17. The molecule has 5 heteroatoms. The molecule has 1 aliphatic heterocycles. The van der Waals surface area contributed by atoms with E-state index in [0.717, 1.165) is 19.4 Å². The van der Waals surface area contributed by atoms with Gasteiger partial charge in [-0.15, -0.1) is 0 Å². The van der Waals surface area contributed by atoms with Crippen LogP contribution in [0, 0.1) is 0 Å². The molecule has 0 aromatic rings. The number of nitrogens with one attached hydrogen (secondary N) is 2. The van der Waals surface area contributed by atoms with Crippen molar-refractivity contribution in [2.75, 3.05) is 26.2 Å². The fourth-order valence-corrected chi connectivity index (χ4v) is 2.37. The van der Waals surface area contributed by atoms with Gasteiger partial charge >= 0.3 is 0 Å². The number of hydrogen-bond donors (Lipinski definition) is 2. The van der Waals surface area contributed by atoms with Gasteiger partial charge in [0, 0.05) is 19.1 Å². The molecule has 1 heterocycles. The zero-order valence-corrected chi connectivity index (χ0v) is 9.50. The summed E-state index contributed by atoms with van der Waals surface area (Å²) in [5.41, 5.74) is 0. The number of carbonyl (C=O) groups excluding carboxylic acids is 2. The van der Waals surface area contributed by atoms with Crippen LogP contribution in [0.25, 0.3) is 0 Å². The van der Waals surface area contributed by atoms with Crippen molar-refractivity contribution in [3.05, 3.63) is 0 Å². The Hall–Kier alpha value is -1.10. The first-order valence-electron chi connectivity index (χ1n) is 6.02. The van der Waals surface area contributed by atoms with E-state index in [1.165, 1.54) is 12.8 Å². The lowest BCUT2D eigenvalue weighted by atomic mass is 10.2. The molecule has 0 aromatic heterocycles. The van der Waals surface area contributed by atoms with Gasteiger partial charge in [-0.2, -0.15) is 0 Å². The molecule has 1 saturated carbocycles. The second-order valence-corrected chi connectivity index (χ2v) is 4.61. The summed E-state index contributed by atoms with van der Waals surface area (Å²) in [4.78, 5) is 24.7. The number of nitrogens with zero attached hydrogens (tertiary/aromatic N) is 1. The SMILES string of the molecule is O=C1CN(CC(=O)NC2CCCC2)CCN1. The zero-order valence-electron chi connectivity index (χ0n) is 9.50. The number of rotatable bonds is 3. The summed E-state index contributed by atoms with van der Waals surface area (Å²) in [7, 11) is 0. The van der Waals surface area contributed by atoms with Gasteiger partial charge in [-0.25, -0.2) is 0 Å². The van der Waals surface area contributed by atoms with Crippen LogP contribution >= 0.6 is 0 Å². The molecule has 2 aliphatic rings. The van der Waals surface area contributed by atoms with Crippen LogP contribution in [0.2, 0.25) is 0 Å². The molecule has 16 heavy (non-hydrogen) atoms. The lowest BCUT2D eigenvalue weighted by molar-refractivity contribution is -0.127. The van der Waals surface area contributed by atoms with E-state index in [0.29, 0.717) is 25.7 Å². The topological polar surface area (TPSA) is 61.4 Å². The highest BCUT2D eigenvalue weighted by Gasteiger charge is 2.21. The molecular formula is C11H19N3O2. The van der Waals surface area contributed by atoms with Crippen LogP contribution in [0.3, 0.4) is 0 Å². The summed E-state index contributed by atoms with van der Waals surface area (Å²) < 4.78 is 0. The lowest BCUT2D eigenvalue weighted by Gasteiger charge is -2.26. The van der Waals surface area contributed by atoms with Gasteiger partial charge in [0.1, 0.15) is 0 Å². The summed E-state index contributed by atoms with van der Waals surface area (Å²) in [5.74, 6) is 0.0708. The first-order valence-corrected chi connectivity index (χ1v) is 6.02. The Morgan fingerprint density at radius 2 is 2.19 bits per heavy atom. The predicted molar refractivity (Wildman–Crippen MR) is 59.8 cm³/mol. The second kappa shape index (κ2) is 5.30. The first-order chi connectivity index (χ1) is 7.74. The minimum atomic E-state index is 0.0138. The molecular weight excluding hydrogens is 206 g/mol. The zero-order chi connectivity index (χ0) is 11.4. The summed E-state index contributed by atoms with van der Waals surface area (Å²) in [6.45, 7) is 2.11. The summed E-state index contributed by atoms with van der Waals surface area (Å²) in [6, 6.07) is 0.367. The third kappa shape index (κ3) is 3.20. The first kappa shape index (κ1) is 11.4. The molecule has 1 saturated heterocycles. The predicted octanol–water partition coefficient (Wildman–Crippen LogP) is -0.523. The van der Waals surface area contributed by atoms with E-state index in [4.69, 9.17) is 0 Å². The van der Waals surface area contributed by atoms with E-state index in [1.807, 2.05) is 4.90 Å². The van der Waals surface area contributed by atoms with Gasteiger partial charge in [0.05, 0.1) is 13.1 Å². The van der Waals surface area contributed by atoms with Crippen molar-refractivity contribution in [3.63, 3.8) is 0 Å². The maximum absolute atomic E-state index is 11.7. The molecule has 0 radical (unpaired) electrons. The number of piperazine rings is 1. The van der Waals surface area contributed by atoms with E-state index >= 15 is 0 Å². The van der Waals surface area contributed by atoms with Crippen LogP contribution in [0.5, 0.6) is 0 Å². The fraction of sp³-hybridized carbons (Fsp3) is 0.818. The highest BCUT2D eigenvalue weighted by molar-refractivity contribution is 5.81. The van der Waals surface area contributed by atoms with Gasteiger partial charge in [0.2, 0.25) is 11.8 Å². The van der Waals surface area contributed by atoms with Crippen LogP contribution in [0.1, 0.15) is 25.7 Å². The van der Waals surface area contributed by atoms with Gasteiger partial charge in [0.25, 0.3) is 0 Å². The van der Waals surface area contributed by atoms with Gasteiger partial charge in [-0.1, -0.05) is 12.8 Å². The van der Waals surface area contributed by atoms with Crippen LogP contribution in [-0.4, -0.2) is 48.9 Å². The molecule has 0 unspecified atom stereocenters. The van der Waals surface area contributed by atoms with Gasteiger partial charge in [-0.05, 0) is 12.8 Å². The van der Waals surface area contributed by atoms with Crippen LogP contribution < -0.4 is 10.6 Å². The molecule has 2 fully saturated rings. The third-order valence-corrected chi connectivity index (χ3v) is 3.20. The molecule has 0 atom stereocenters. The number of carbonyl (C=O) groups is 2. The Bertz CT molecular complexity index is 274. The Morgan fingerprint density at radius 3 is 2.88 bits per heavy atom. The second-order valence-electron chi connectivity index (χ2n) is 4.61. The lowest BCUT2D eigenvalue weighted by Crippen LogP contribution is -2.51. The van der Waals surface area contributed by atoms with Crippen LogP contribution in [0.4, 0.5) is 0 Å². The molecule has 1 aliphatic carbocycles. The maximum Gasteiger partial charge on any atom is 0.234 e. The minimum absolute atomic E-state index is 0.0138. The largest absolute Gasteiger partial charge is 0.354 e. The average molecular weight is 225 g/mol. The molecule has 5 nitrogen and oxygen atoms in total. The summed E-state index contributed by atoms with van der Waals surface area (Å²) in [5, 5.41) is 5.77. The van der Waals surface area contributed by atoms with E-state index < -0.39 is 0 Å². The fourth-order valence-electron chi connectivity index (χ4n) is 2.37. The molecule has 2 rings (SSSR count). The van der Waals surface area contributed by atoms with Crippen molar-refractivity contribution < 1.29 is 9.59 Å². The molecule has 0 aromatic carbocycles. The molecule has 90 valence electrons. The normalized spacial score (nSPS) is 23.1. The maximum atomic E-state index is 11.7. The highest BCUT2D eigenvalue weighted by atomic mass is 16.2. The van der Waals surface area contributed by atoms with E-state index in [1.54, 1.807) is 0 Å². The van der Waals surface area contributed by atoms with Crippen molar-refractivity contribution in [3.8, 4) is 0 Å². The Balaban J connectivity index is 1.71. The smallest absolute Gasteiger partial charge is 0.234 e. The summed E-state index contributed by atoms with van der Waals surface area (Å²) >= 11 is 0. The van der Waals surface area contributed by atoms with E-state index in [2.05, 4.69) is 10.6 Å².